The molecule has 1 N–H and O–H groups in total. The summed E-state index contributed by atoms with van der Waals surface area (Å²) in [5.74, 6) is -1.50. The Labute approximate surface area is 223 Å². The van der Waals surface area contributed by atoms with Crippen LogP contribution in [0.25, 0.3) is 11.1 Å². The van der Waals surface area contributed by atoms with Crippen LogP contribution in [-0.2, 0) is 26.0 Å². The molecule has 1 saturated heterocycles. The van der Waals surface area contributed by atoms with Crippen LogP contribution in [0.4, 0.5) is 11.4 Å². The summed E-state index contributed by atoms with van der Waals surface area (Å²) in [6.07, 6.45) is 3.04. The second kappa shape index (κ2) is 11.0. The smallest absolute Gasteiger partial charge is 0.318 e. The molecule has 0 atom stereocenters. The second-order valence-corrected chi connectivity index (χ2v) is 11.6. The van der Waals surface area contributed by atoms with E-state index in [4.69, 9.17) is 0 Å². The molecule has 2 aliphatic heterocycles. The van der Waals surface area contributed by atoms with Crippen LogP contribution in [0, 0.1) is 0 Å². The van der Waals surface area contributed by atoms with Crippen LogP contribution in [-0.4, -0.2) is 62.4 Å². The number of carbonyl (C=O) groups is 2. The van der Waals surface area contributed by atoms with Gasteiger partial charge in [0.1, 0.15) is 6.54 Å². The number of hydrogen-bond donors (Lipinski definition) is 1. The summed E-state index contributed by atoms with van der Waals surface area (Å²) in [5, 5.41) is 9.39. The molecule has 0 aromatic heterocycles. The van der Waals surface area contributed by atoms with Gasteiger partial charge in [-0.2, -0.15) is 4.31 Å². The molecule has 3 aromatic rings. The minimum absolute atomic E-state index is 0.00449. The second-order valence-electron chi connectivity index (χ2n) is 9.67. The number of hydrogen-bond acceptors (Lipinski definition) is 5. The first-order chi connectivity index (χ1) is 18.3. The van der Waals surface area contributed by atoms with Gasteiger partial charge in [-0.15, -0.1) is 0 Å². The third kappa shape index (κ3) is 5.44. The number of carboxylic acids is 1. The molecule has 5 rings (SSSR count). The van der Waals surface area contributed by atoms with E-state index in [1.54, 1.807) is 17.0 Å². The highest BCUT2D eigenvalue weighted by Gasteiger charge is 2.29. The van der Waals surface area contributed by atoms with Crippen molar-refractivity contribution in [2.45, 2.75) is 30.6 Å². The van der Waals surface area contributed by atoms with E-state index in [0.29, 0.717) is 6.54 Å². The summed E-state index contributed by atoms with van der Waals surface area (Å²) in [5.41, 5.74) is 4.91. The predicted octanol–water partition coefficient (Wildman–Crippen LogP) is 4.01. The zero-order valence-corrected chi connectivity index (χ0v) is 21.9. The molecule has 0 aliphatic carbocycles. The van der Waals surface area contributed by atoms with Crippen LogP contribution < -0.4 is 9.80 Å². The lowest BCUT2D eigenvalue weighted by Gasteiger charge is -2.22. The van der Waals surface area contributed by atoms with Gasteiger partial charge < -0.3 is 14.9 Å². The van der Waals surface area contributed by atoms with Gasteiger partial charge in [0.2, 0.25) is 15.9 Å². The summed E-state index contributed by atoms with van der Waals surface area (Å²) >= 11 is 0. The summed E-state index contributed by atoms with van der Waals surface area (Å²) < 4.78 is 27.6. The lowest BCUT2D eigenvalue weighted by molar-refractivity contribution is -0.137. The van der Waals surface area contributed by atoms with E-state index in [1.807, 2.05) is 36.4 Å². The van der Waals surface area contributed by atoms with Crippen molar-refractivity contribution in [2.24, 2.45) is 0 Å². The Hall–Kier alpha value is -3.69. The fourth-order valence-corrected chi connectivity index (χ4v) is 6.59. The number of aliphatic carboxylic acids is 1. The molecule has 0 saturated carbocycles. The largest absolute Gasteiger partial charge is 0.480 e. The average Bonchev–Trinajstić information content (AvgIpc) is 3.61. The Kier molecular flexibility index (Phi) is 7.49. The Morgan fingerprint density at radius 2 is 1.47 bits per heavy atom. The van der Waals surface area contributed by atoms with Gasteiger partial charge in [-0.05, 0) is 66.3 Å². The Morgan fingerprint density at radius 3 is 2.13 bits per heavy atom. The lowest BCUT2D eigenvalue weighted by Crippen LogP contribution is -2.39. The zero-order valence-electron chi connectivity index (χ0n) is 21.1. The van der Waals surface area contributed by atoms with Crippen molar-refractivity contribution < 1.29 is 23.1 Å². The van der Waals surface area contributed by atoms with E-state index >= 15 is 0 Å². The maximum Gasteiger partial charge on any atom is 0.318 e. The van der Waals surface area contributed by atoms with Gasteiger partial charge in [0.25, 0.3) is 0 Å². The molecule has 0 bridgehead atoms. The number of amides is 1. The minimum atomic E-state index is -4.12. The quantitative estimate of drug-likeness (QED) is 0.446. The molecule has 198 valence electrons. The van der Waals surface area contributed by atoms with E-state index in [9.17, 15) is 23.1 Å². The number of carbonyl (C=O) groups excluding carboxylic acids is 1. The van der Waals surface area contributed by atoms with Gasteiger partial charge in [0, 0.05) is 44.0 Å². The number of anilines is 2. The number of para-hydroxylation sites is 1. The summed E-state index contributed by atoms with van der Waals surface area (Å²) in [7, 11) is -4.12. The average molecular weight is 534 g/mol. The van der Waals surface area contributed by atoms with Crippen molar-refractivity contribution in [3.8, 4) is 11.1 Å². The van der Waals surface area contributed by atoms with Crippen molar-refractivity contribution in [3.05, 3.63) is 78.4 Å². The van der Waals surface area contributed by atoms with Gasteiger partial charge >= 0.3 is 5.97 Å². The van der Waals surface area contributed by atoms with Gasteiger partial charge in [-0.1, -0.05) is 42.5 Å². The molecular formula is C29H31N3O5S. The highest BCUT2D eigenvalue weighted by atomic mass is 32.2. The van der Waals surface area contributed by atoms with Crippen LogP contribution in [0.15, 0.2) is 77.7 Å². The molecular weight excluding hydrogens is 502 g/mol. The number of fused-ring (bicyclic) bond motifs is 1. The van der Waals surface area contributed by atoms with E-state index < -0.39 is 22.5 Å². The number of rotatable bonds is 9. The zero-order chi connectivity index (χ0) is 26.7. The minimum Gasteiger partial charge on any atom is -0.480 e. The highest BCUT2D eigenvalue weighted by Crippen LogP contribution is 2.29. The van der Waals surface area contributed by atoms with Crippen molar-refractivity contribution in [1.82, 2.24) is 4.31 Å². The van der Waals surface area contributed by atoms with Gasteiger partial charge in [0.15, 0.2) is 0 Å². The van der Waals surface area contributed by atoms with Crippen molar-refractivity contribution in [3.63, 3.8) is 0 Å². The molecule has 0 spiro atoms. The Bertz CT molecular complexity index is 1420. The normalized spacial score (nSPS) is 15.2. The number of nitrogens with zero attached hydrogens (tertiary/aromatic N) is 3. The van der Waals surface area contributed by atoms with Crippen LogP contribution in [0.1, 0.15) is 24.8 Å². The number of carboxylic acid groups (broad SMARTS) is 1. The van der Waals surface area contributed by atoms with Crippen molar-refractivity contribution >= 4 is 33.3 Å². The van der Waals surface area contributed by atoms with Crippen LogP contribution in [0.5, 0.6) is 0 Å². The maximum absolute atomic E-state index is 13.4. The first-order valence-corrected chi connectivity index (χ1v) is 14.3. The standard InChI is InChI=1S/C29H31N3O5S/c33-28(32-20-15-24-5-1-2-6-27(24)32)16-19-31(21-29(34)35)38(36,37)26-13-9-23(10-14-26)22-7-11-25(12-8-22)30-17-3-4-18-30/h1-2,5-14H,3-4,15-21H2,(H,34,35). The predicted molar refractivity (Wildman–Crippen MR) is 147 cm³/mol. The van der Waals surface area contributed by atoms with E-state index in [2.05, 4.69) is 17.0 Å². The molecule has 1 amide bonds. The van der Waals surface area contributed by atoms with E-state index in [-0.39, 0.29) is 23.8 Å². The molecule has 9 heteroatoms. The molecule has 1 fully saturated rings. The number of benzene rings is 3. The van der Waals surface area contributed by atoms with E-state index in [1.165, 1.54) is 30.7 Å². The molecule has 2 heterocycles. The van der Waals surface area contributed by atoms with Gasteiger partial charge in [0.05, 0.1) is 4.90 Å². The van der Waals surface area contributed by atoms with Crippen LogP contribution in [0.3, 0.4) is 0 Å². The summed E-state index contributed by atoms with van der Waals surface area (Å²) in [4.78, 5) is 28.4. The van der Waals surface area contributed by atoms with Gasteiger partial charge in [-0.3, -0.25) is 9.59 Å². The third-order valence-corrected chi connectivity index (χ3v) is 9.10. The monoisotopic (exact) mass is 533 g/mol. The van der Waals surface area contributed by atoms with Crippen molar-refractivity contribution in [1.29, 1.82) is 0 Å². The topological polar surface area (TPSA) is 98.2 Å². The molecule has 0 radical (unpaired) electrons. The first kappa shape index (κ1) is 25.9. The fourth-order valence-electron chi connectivity index (χ4n) is 5.20. The fraction of sp³-hybridized carbons (Fsp3) is 0.310. The van der Waals surface area contributed by atoms with Crippen LogP contribution in [0.2, 0.25) is 0 Å². The summed E-state index contributed by atoms with van der Waals surface area (Å²) in [6, 6.07) is 22.3. The molecule has 0 unspecified atom stereocenters. The third-order valence-electron chi connectivity index (χ3n) is 7.24. The van der Waals surface area contributed by atoms with E-state index in [0.717, 1.165) is 46.2 Å². The Morgan fingerprint density at radius 1 is 0.842 bits per heavy atom. The van der Waals surface area contributed by atoms with Gasteiger partial charge in [-0.25, -0.2) is 8.42 Å². The molecule has 3 aromatic carbocycles. The molecule has 38 heavy (non-hydrogen) atoms. The molecule has 2 aliphatic rings. The lowest BCUT2D eigenvalue weighted by atomic mass is 10.1. The Balaban J connectivity index is 1.29. The number of sulfonamides is 1. The molecule has 8 nitrogen and oxygen atoms in total. The first-order valence-electron chi connectivity index (χ1n) is 12.9. The van der Waals surface area contributed by atoms with Crippen LogP contribution >= 0.6 is 0 Å². The SMILES string of the molecule is O=C(O)CN(CCC(=O)N1CCc2ccccc21)S(=O)(=O)c1ccc(-c2ccc(N3CCCC3)cc2)cc1. The van der Waals surface area contributed by atoms with Crippen molar-refractivity contribution in [2.75, 3.05) is 42.5 Å². The summed E-state index contributed by atoms with van der Waals surface area (Å²) in [6.45, 7) is 1.73. The maximum atomic E-state index is 13.4. The highest BCUT2D eigenvalue weighted by molar-refractivity contribution is 7.89.